The van der Waals surface area contributed by atoms with Crippen LogP contribution in [-0.4, -0.2) is 74.0 Å². The molecule has 1 aliphatic heterocycles. The summed E-state index contributed by atoms with van der Waals surface area (Å²) in [7, 11) is -0.171. The first-order valence-corrected chi connectivity index (χ1v) is 7.78. The van der Waals surface area contributed by atoms with Crippen LogP contribution in [0, 0.1) is 5.92 Å². The lowest BCUT2D eigenvalue weighted by molar-refractivity contribution is -0.124. The Balaban J connectivity index is 2.25. The van der Waals surface area contributed by atoms with Gasteiger partial charge in [-0.25, -0.2) is 8.42 Å². The van der Waals surface area contributed by atoms with Gasteiger partial charge in [0.1, 0.15) is 4.90 Å². The van der Waals surface area contributed by atoms with Crippen LogP contribution in [0.25, 0.3) is 0 Å². The van der Waals surface area contributed by atoms with Crippen molar-refractivity contribution < 1.29 is 13.2 Å². The van der Waals surface area contributed by atoms with E-state index in [2.05, 4.69) is 15.5 Å². The van der Waals surface area contributed by atoms with Gasteiger partial charge in [-0.05, 0) is 7.05 Å². The van der Waals surface area contributed by atoms with Gasteiger partial charge in [0.05, 0.1) is 12.1 Å². The van der Waals surface area contributed by atoms with Gasteiger partial charge in [0.25, 0.3) is 0 Å². The Bertz CT molecular complexity index is 557. The van der Waals surface area contributed by atoms with Crippen LogP contribution in [0.3, 0.4) is 0 Å². The molecule has 1 fully saturated rings. The summed E-state index contributed by atoms with van der Waals surface area (Å²) in [5.41, 5.74) is 0. The van der Waals surface area contributed by atoms with Crippen molar-refractivity contribution in [1.82, 2.24) is 24.7 Å². The average molecular weight is 301 g/mol. The molecule has 9 heteroatoms. The van der Waals surface area contributed by atoms with Crippen molar-refractivity contribution in [2.24, 2.45) is 5.92 Å². The molecule has 0 spiro atoms. The summed E-state index contributed by atoms with van der Waals surface area (Å²) in [6.07, 6.45) is 2.62. The van der Waals surface area contributed by atoms with Crippen molar-refractivity contribution in [2.45, 2.75) is 4.90 Å². The molecule has 1 aliphatic rings. The first-order valence-electron chi connectivity index (χ1n) is 6.34. The Morgan fingerprint density at radius 1 is 1.45 bits per heavy atom. The van der Waals surface area contributed by atoms with E-state index in [4.69, 9.17) is 0 Å². The van der Waals surface area contributed by atoms with E-state index in [9.17, 15) is 13.2 Å². The molecule has 112 valence electrons. The summed E-state index contributed by atoms with van der Waals surface area (Å²) >= 11 is 0. The minimum Gasteiger partial charge on any atom is -0.359 e. The zero-order valence-corrected chi connectivity index (χ0v) is 12.4. The van der Waals surface area contributed by atoms with Crippen LogP contribution in [0.5, 0.6) is 0 Å². The third-order valence-electron chi connectivity index (χ3n) is 3.42. The van der Waals surface area contributed by atoms with Crippen LogP contribution in [0.4, 0.5) is 0 Å². The SMILES string of the molecule is CNC(=O)[C@@H]1CN(C)CCN(S(=O)(=O)c2cn[nH]c2)C1. The summed E-state index contributed by atoms with van der Waals surface area (Å²) in [6.45, 7) is 1.66. The zero-order chi connectivity index (χ0) is 14.8. The Morgan fingerprint density at radius 3 is 2.80 bits per heavy atom. The Morgan fingerprint density at radius 2 is 2.20 bits per heavy atom. The van der Waals surface area contributed by atoms with Crippen LogP contribution < -0.4 is 5.32 Å². The van der Waals surface area contributed by atoms with E-state index < -0.39 is 10.0 Å². The van der Waals surface area contributed by atoms with Crippen LogP contribution in [0.1, 0.15) is 0 Å². The predicted molar refractivity (Wildman–Crippen MR) is 72.4 cm³/mol. The molecule has 8 nitrogen and oxygen atoms in total. The Kier molecular flexibility index (Phi) is 4.41. The second kappa shape index (κ2) is 5.90. The molecule has 2 heterocycles. The average Bonchev–Trinajstić information content (AvgIpc) is 2.88. The standard InChI is InChI=1S/C11H19N5O3S/c1-12-11(17)9-7-15(2)3-4-16(8-9)20(18,19)10-5-13-14-6-10/h5-6,9H,3-4,7-8H2,1-2H3,(H,12,17)(H,13,14)/t9-/m1/s1. The molecule has 20 heavy (non-hydrogen) atoms. The highest BCUT2D eigenvalue weighted by Crippen LogP contribution is 2.18. The van der Waals surface area contributed by atoms with Gasteiger partial charge in [0, 0.05) is 39.4 Å². The van der Waals surface area contributed by atoms with Gasteiger partial charge in [-0.2, -0.15) is 9.40 Å². The smallest absolute Gasteiger partial charge is 0.246 e. The predicted octanol–water partition coefficient (Wildman–Crippen LogP) is -1.29. The maximum atomic E-state index is 12.5. The molecule has 0 saturated carbocycles. The summed E-state index contributed by atoms with van der Waals surface area (Å²) < 4.78 is 26.3. The number of nitrogens with zero attached hydrogens (tertiary/aromatic N) is 3. The number of rotatable bonds is 3. The number of likely N-dealkylation sites (N-methyl/N-ethyl adjacent to an activating group) is 1. The molecule has 0 aliphatic carbocycles. The van der Waals surface area contributed by atoms with Crippen molar-refractivity contribution in [2.75, 3.05) is 40.3 Å². The maximum absolute atomic E-state index is 12.5. The molecule has 1 aromatic heterocycles. The van der Waals surface area contributed by atoms with Gasteiger partial charge in [0.2, 0.25) is 15.9 Å². The van der Waals surface area contributed by atoms with Crippen molar-refractivity contribution in [3.63, 3.8) is 0 Å². The minimum absolute atomic E-state index is 0.123. The molecule has 1 amide bonds. The molecule has 2 N–H and O–H groups in total. The van der Waals surface area contributed by atoms with Crippen molar-refractivity contribution >= 4 is 15.9 Å². The number of sulfonamides is 1. The number of hydrogen-bond acceptors (Lipinski definition) is 5. The van der Waals surface area contributed by atoms with Crippen LogP contribution in [-0.2, 0) is 14.8 Å². The van der Waals surface area contributed by atoms with Crippen molar-refractivity contribution in [1.29, 1.82) is 0 Å². The maximum Gasteiger partial charge on any atom is 0.246 e. The Hall–Kier alpha value is -1.45. The molecular formula is C11H19N5O3S. The quantitative estimate of drug-likeness (QED) is 0.724. The third kappa shape index (κ3) is 3.00. The van der Waals surface area contributed by atoms with E-state index in [0.717, 1.165) is 0 Å². The number of carbonyl (C=O) groups excluding carboxylic acids is 1. The number of aromatic nitrogens is 2. The highest BCUT2D eigenvalue weighted by molar-refractivity contribution is 7.89. The van der Waals surface area contributed by atoms with Crippen molar-refractivity contribution in [3.05, 3.63) is 12.4 Å². The fourth-order valence-electron chi connectivity index (χ4n) is 2.26. The lowest BCUT2D eigenvalue weighted by Crippen LogP contribution is -2.41. The van der Waals surface area contributed by atoms with Crippen LogP contribution in [0.2, 0.25) is 0 Å². The van der Waals surface area contributed by atoms with Gasteiger partial charge in [-0.3, -0.25) is 9.89 Å². The van der Waals surface area contributed by atoms with Gasteiger partial charge in [-0.1, -0.05) is 0 Å². The number of hydrogen-bond donors (Lipinski definition) is 2. The lowest BCUT2D eigenvalue weighted by atomic mass is 10.1. The van der Waals surface area contributed by atoms with E-state index in [-0.39, 0.29) is 23.3 Å². The molecule has 0 aromatic carbocycles. The fraction of sp³-hybridized carbons (Fsp3) is 0.636. The summed E-state index contributed by atoms with van der Waals surface area (Å²) in [5.74, 6) is -0.527. The number of H-pyrrole nitrogens is 1. The van der Waals surface area contributed by atoms with Gasteiger partial charge >= 0.3 is 0 Å². The van der Waals surface area contributed by atoms with E-state index in [1.54, 1.807) is 7.05 Å². The molecule has 0 bridgehead atoms. The summed E-state index contributed by atoms with van der Waals surface area (Å²) in [6, 6.07) is 0. The largest absolute Gasteiger partial charge is 0.359 e. The van der Waals surface area contributed by atoms with Crippen LogP contribution >= 0.6 is 0 Å². The van der Waals surface area contributed by atoms with Gasteiger partial charge in [0.15, 0.2) is 0 Å². The van der Waals surface area contributed by atoms with E-state index in [1.807, 2.05) is 11.9 Å². The normalized spacial score (nSPS) is 22.4. The Labute approximate surface area is 118 Å². The van der Waals surface area contributed by atoms with Crippen molar-refractivity contribution in [3.8, 4) is 0 Å². The highest BCUT2D eigenvalue weighted by Gasteiger charge is 2.33. The topological polar surface area (TPSA) is 98.4 Å². The van der Waals surface area contributed by atoms with Gasteiger partial charge < -0.3 is 10.2 Å². The monoisotopic (exact) mass is 301 g/mol. The third-order valence-corrected chi connectivity index (χ3v) is 5.25. The molecule has 2 rings (SSSR count). The van der Waals surface area contributed by atoms with Crippen LogP contribution in [0.15, 0.2) is 17.3 Å². The lowest BCUT2D eigenvalue weighted by Gasteiger charge is -2.22. The first-order chi connectivity index (χ1) is 9.45. The first kappa shape index (κ1) is 14.9. The van der Waals surface area contributed by atoms with E-state index in [1.165, 1.54) is 16.7 Å². The minimum atomic E-state index is -3.61. The molecule has 1 saturated heterocycles. The summed E-state index contributed by atoms with van der Waals surface area (Å²) in [4.78, 5) is 13.9. The number of amides is 1. The summed E-state index contributed by atoms with van der Waals surface area (Å²) in [5, 5.41) is 8.75. The number of nitrogens with one attached hydrogen (secondary N) is 2. The van der Waals surface area contributed by atoms with Gasteiger partial charge in [-0.15, -0.1) is 0 Å². The van der Waals surface area contributed by atoms with E-state index in [0.29, 0.717) is 19.6 Å². The molecule has 1 atom stereocenters. The molecule has 0 unspecified atom stereocenters. The molecule has 1 aromatic rings. The number of carbonyl (C=O) groups is 1. The number of aromatic amines is 1. The fourth-order valence-corrected chi connectivity index (χ4v) is 3.65. The zero-order valence-electron chi connectivity index (χ0n) is 11.5. The second-order valence-electron chi connectivity index (χ2n) is 4.87. The molecular weight excluding hydrogens is 282 g/mol. The van der Waals surface area contributed by atoms with E-state index >= 15 is 0 Å². The highest BCUT2D eigenvalue weighted by atomic mass is 32.2. The molecule has 0 radical (unpaired) electrons. The second-order valence-corrected chi connectivity index (χ2v) is 6.81.